The van der Waals surface area contributed by atoms with Crippen LogP contribution in [0.15, 0.2) is 23.1 Å². The summed E-state index contributed by atoms with van der Waals surface area (Å²) in [5.41, 5.74) is -0.518. The molecule has 0 aromatic heterocycles. The highest BCUT2D eigenvalue weighted by molar-refractivity contribution is 9.09. The summed E-state index contributed by atoms with van der Waals surface area (Å²) in [6, 6.07) is 4.65. The van der Waals surface area contributed by atoms with Crippen molar-refractivity contribution in [3.8, 4) is 11.5 Å². The number of hydrogen-bond donors (Lipinski definition) is 1. The highest BCUT2D eigenvalue weighted by Crippen LogP contribution is 2.32. The quantitative estimate of drug-likeness (QED) is 0.815. The van der Waals surface area contributed by atoms with Gasteiger partial charge >= 0.3 is 0 Å². The summed E-state index contributed by atoms with van der Waals surface area (Å²) in [4.78, 5) is 0.185. The lowest BCUT2D eigenvalue weighted by Crippen LogP contribution is -2.43. The van der Waals surface area contributed by atoms with Crippen LogP contribution in [0.4, 0.5) is 0 Å². The van der Waals surface area contributed by atoms with Gasteiger partial charge in [0.25, 0.3) is 0 Å². The molecule has 1 aromatic carbocycles. The number of sulfonamides is 1. The molecule has 0 unspecified atom stereocenters. The van der Waals surface area contributed by atoms with Crippen molar-refractivity contribution in [1.82, 2.24) is 4.72 Å². The van der Waals surface area contributed by atoms with Crippen molar-refractivity contribution in [1.29, 1.82) is 0 Å². The van der Waals surface area contributed by atoms with E-state index in [1.807, 2.05) is 13.8 Å². The minimum atomic E-state index is -3.58. The molecule has 1 aliphatic heterocycles. The summed E-state index contributed by atoms with van der Waals surface area (Å²) in [7, 11) is -3.58. The molecular weight excluding hydrogens is 346 g/mol. The number of fused-ring (bicyclic) bond motifs is 1. The van der Waals surface area contributed by atoms with Crippen molar-refractivity contribution in [2.75, 3.05) is 18.5 Å². The highest BCUT2D eigenvalue weighted by atomic mass is 79.9. The van der Waals surface area contributed by atoms with Gasteiger partial charge in [0.2, 0.25) is 10.0 Å². The molecule has 20 heavy (non-hydrogen) atoms. The normalized spacial score (nSPS) is 15.2. The van der Waals surface area contributed by atoms with Crippen LogP contribution in [-0.2, 0) is 10.0 Å². The van der Waals surface area contributed by atoms with Gasteiger partial charge in [-0.1, -0.05) is 15.9 Å². The Balaban J connectivity index is 2.26. The van der Waals surface area contributed by atoms with Gasteiger partial charge in [0, 0.05) is 16.9 Å². The number of ether oxygens (including phenoxy) is 2. The second kappa shape index (κ2) is 5.91. The Morgan fingerprint density at radius 1 is 1.25 bits per heavy atom. The molecule has 1 aliphatic rings. The Hall–Kier alpha value is -0.790. The van der Waals surface area contributed by atoms with Crippen LogP contribution < -0.4 is 14.2 Å². The molecule has 0 bridgehead atoms. The molecule has 0 saturated carbocycles. The maximum atomic E-state index is 12.4. The Labute approximate surface area is 127 Å². The lowest BCUT2D eigenvalue weighted by atomic mass is 10.0. The third kappa shape index (κ3) is 3.65. The molecule has 0 aliphatic carbocycles. The summed E-state index contributed by atoms with van der Waals surface area (Å²) >= 11 is 3.33. The molecule has 0 amide bonds. The SMILES string of the molecule is CC(C)(CCBr)NS(=O)(=O)c1ccc2c(c1)OCCO2. The molecule has 1 N–H and O–H groups in total. The van der Waals surface area contributed by atoms with Gasteiger partial charge in [-0.3, -0.25) is 0 Å². The van der Waals surface area contributed by atoms with Gasteiger partial charge in [-0.05, 0) is 32.4 Å². The fourth-order valence-electron chi connectivity index (χ4n) is 1.90. The van der Waals surface area contributed by atoms with Gasteiger partial charge in [-0.25, -0.2) is 13.1 Å². The van der Waals surface area contributed by atoms with Crippen LogP contribution in [0.5, 0.6) is 11.5 Å². The zero-order valence-corrected chi connectivity index (χ0v) is 13.9. The molecule has 1 aromatic rings. The first-order valence-corrected chi connectivity index (χ1v) is 8.94. The number of benzene rings is 1. The summed E-state index contributed by atoms with van der Waals surface area (Å²) in [5.74, 6) is 1.05. The molecule has 2 rings (SSSR count). The van der Waals surface area contributed by atoms with Gasteiger partial charge in [0.05, 0.1) is 4.90 Å². The van der Waals surface area contributed by atoms with Gasteiger partial charge in [-0.15, -0.1) is 0 Å². The zero-order chi connectivity index (χ0) is 14.8. The van der Waals surface area contributed by atoms with Crippen molar-refractivity contribution in [2.24, 2.45) is 0 Å². The standard InChI is InChI=1S/C13H18BrNO4S/c1-13(2,5-6-14)15-20(16,17)10-3-4-11-12(9-10)19-8-7-18-11/h3-4,9,15H,5-8H2,1-2H3. The zero-order valence-electron chi connectivity index (χ0n) is 11.5. The third-order valence-corrected chi connectivity index (χ3v) is 5.05. The van der Waals surface area contributed by atoms with Crippen LogP contribution in [0.1, 0.15) is 20.3 Å². The Morgan fingerprint density at radius 2 is 1.90 bits per heavy atom. The van der Waals surface area contributed by atoms with E-state index in [1.54, 1.807) is 6.07 Å². The summed E-state index contributed by atoms with van der Waals surface area (Å²) in [5, 5.41) is 0.726. The van der Waals surface area contributed by atoms with Gasteiger partial charge in [0.1, 0.15) is 13.2 Å². The van der Waals surface area contributed by atoms with Gasteiger partial charge in [0.15, 0.2) is 11.5 Å². The maximum absolute atomic E-state index is 12.4. The smallest absolute Gasteiger partial charge is 0.241 e. The van der Waals surface area contributed by atoms with Crippen LogP contribution >= 0.6 is 15.9 Å². The van der Waals surface area contributed by atoms with Crippen molar-refractivity contribution >= 4 is 26.0 Å². The average molecular weight is 364 g/mol. The molecule has 0 fully saturated rings. The van der Waals surface area contributed by atoms with Crippen molar-refractivity contribution in [2.45, 2.75) is 30.7 Å². The van der Waals surface area contributed by atoms with E-state index in [1.165, 1.54) is 12.1 Å². The van der Waals surface area contributed by atoms with E-state index in [2.05, 4.69) is 20.7 Å². The summed E-state index contributed by atoms with van der Waals surface area (Å²) in [6.07, 6.45) is 0.691. The molecule has 0 saturated heterocycles. The van der Waals surface area contributed by atoms with Crippen molar-refractivity contribution < 1.29 is 17.9 Å². The van der Waals surface area contributed by atoms with E-state index in [-0.39, 0.29) is 4.90 Å². The van der Waals surface area contributed by atoms with E-state index in [4.69, 9.17) is 9.47 Å². The second-order valence-electron chi connectivity index (χ2n) is 5.23. The first-order valence-electron chi connectivity index (χ1n) is 6.34. The van der Waals surface area contributed by atoms with Crippen LogP contribution in [0.2, 0.25) is 0 Å². The molecule has 0 radical (unpaired) electrons. The van der Waals surface area contributed by atoms with Crippen LogP contribution in [0, 0.1) is 0 Å². The predicted octanol–water partition coefficient (Wildman–Crippen LogP) is 2.30. The monoisotopic (exact) mass is 363 g/mol. The Kier molecular flexibility index (Phi) is 4.61. The van der Waals surface area contributed by atoms with E-state index < -0.39 is 15.6 Å². The molecule has 112 valence electrons. The van der Waals surface area contributed by atoms with Crippen LogP contribution in [0.3, 0.4) is 0 Å². The van der Waals surface area contributed by atoms with Crippen LogP contribution in [-0.4, -0.2) is 32.5 Å². The number of hydrogen-bond acceptors (Lipinski definition) is 4. The maximum Gasteiger partial charge on any atom is 0.241 e. The van der Waals surface area contributed by atoms with Crippen molar-refractivity contribution in [3.05, 3.63) is 18.2 Å². The fourth-order valence-corrected chi connectivity index (χ4v) is 4.35. The topological polar surface area (TPSA) is 64.6 Å². The summed E-state index contributed by atoms with van der Waals surface area (Å²) < 4.78 is 38.3. The molecule has 0 spiro atoms. The van der Waals surface area contributed by atoms with E-state index in [0.29, 0.717) is 31.1 Å². The molecule has 0 atom stereocenters. The third-order valence-electron chi connectivity index (χ3n) is 2.95. The lowest BCUT2D eigenvalue weighted by Gasteiger charge is -2.25. The fraction of sp³-hybridized carbons (Fsp3) is 0.538. The van der Waals surface area contributed by atoms with Crippen molar-refractivity contribution in [3.63, 3.8) is 0 Å². The lowest BCUT2D eigenvalue weighted by molar-refractivity contribution is 0.171. The minimum Gasteiger partial charge on any atom is -0.486 e. The molecule has 5 nitrogen and oxygen atoms in total. The number of halogens is 1. The van der Waals surface area contributed by atoms with Gasteiger partial charge < -0.3 is 9.47 Å². The molecule has 1 heterocycles. The molecular formula is C13H18BrNO4S. The largest absolute Gasteiger partial charge is 0.486 e. The molecule has 7 heteroatoms. The minimum absolute atomic E-state index is 0.185. The van der Waals surface area contributed by atoms with E-state index >= 15 is 0 Å². The number of rotatable bonds is 5. The van der Waals surface area contributed by atoms with Crippen LogP contribution in [0.25, 0.3) is 0 Å². The number of alkyl halides is 1. The summed E-state index contributed by atoms with van der Waals surface area (Å²) in [6.45, 7) is 4.61. The van der Waals surface area contributed by atoms with E-state index in [0.717, 1.165) is 5.33 Å². The van der Waals surface area contributed by atoms with Gasteiger partial charge in [-0.2, -0.15) is 0 Å². The highest BCUT2D eigenvalue weighted by Gasteiger charge is 2.27. The van der Waals surface area contributed by atoms with E-state index in [9.17, 15) is 8.42 Å². The second-order valence-corrected chi connectivity index (χ2v) is 7.71. The Bertz CT molecular complexity index is 586. The average Bonchev–Trinajstić information content (AvgIpc) is 2.36. The predicted molar refractivity (Wildman–Crippen MR) is 80.2 cm³/mol. The number of nitrogens with one attached hydrogen (secondary N) is 1. The Morgan fingerprint density at radius 3 is 2.55 bits per heavy atom. The first kappa shape index (κ1) is 15.6. The first-order chi connectivity index (χ1) is 9.34.